The van der Waals surface area contributed by atoms with Crippen molar-refractivity contribution in [2.24, 2.45) is 5.41 Å². The van der Waals surface area contributed by atoms with Gasteiger partial charge in [-0.2, -0.15) is 5.48 Å². The Morgan fingerprint density at radius 2 is 1.38 bits per heavy atom. The van der Waals surface area contributed by atoms with Crippen LogP contribution in [-0.2, 0) is 0 Å². The summed E-state index contributed by atoms with van der Waals surface area (Å²) in [6.07, 6.45) is 2.37. The molecule has 0 spiro atoms. The molecule has 0 aliphatic carbocycles. The molecular formula is C13H31NOP+. The SMILES string of the molecule is CC[P+](CC)(C(NO)C(C)(C)C)C(C)(C)C. The molecule has 0 rings (SSSR count). The molecule has 0 fully saturated rings. The molecule has 0 bridgehead atoms. The predicted molar refractivity (Wildman–Crippen MR) is 75.9 cm³/mol. The van der Waals surface area contributed by atoms with Crippen molar-refractivity contribution in [3.05, 3.63) is 0 Å². The molecule has 0 saturated carbocycles. The molecule has 0 radical (unpaired) electrons. The van der Waals surface area contributed by atoms with Gasteiger partial charge in [-0.05, 0) is 34.6 Å². The molecule has 16 heavy (non-hydrogen) atoms. The zero-order valence-electron chi connectivity index (χ0n) is 12.4. The molecule has 0 aromatic carbocycles. The predicted octanol–water partition coefficient (Wildman–Crippen LogP) is 4.19. The fourth-order valence-electron chi connectivity index (χ4n) is 2.97. The van der Waals surface area contributed by atoms with E-state index in [0.29, 0.717) is 0 Å². The number of rotatable bonds is 4. The Balaban J connectivity index is 5.49. The van der Waals surface area contributed by atoms with Crippen molar-refractivity contribution < 1.29 is 5.21 Å². The van der Waals surface area contributed by atoms with E-state index in [1.807, 2.05) is 0 Å². The number of hydrogen-bond acceptors (Lipinski definition) is 2. The monoisotopic (exact) mass is 248 g/mol. The molecule has 1 unspecified atom stereocenters. The first kappa shape index (κ1) is 16.4. The normalized spacial score (nSPS) is 16.3. The third kappa shape index (κ3) is 2.97. The number of hydroxylamine groups is 1. The topological polar surface area (TPSA) is 32.3 Å². The molecule has 0 aliphatic heterocycles. The molecule has 2 nitrogen and oxygen atoms in total. The van der Waals surface area contributed by atoms with E-state index in [4.69, 9.17) is 0 Å². The van der Waals surface area contributed by atoms with Crippen molar-refractivity contribution in [3.8, 4) is 0 Å². The second kappa shape index (κ2) is 5.33. The molecule has 0 aliphatic rings. The highest BCUT2D eigenvalue weighted by atomic mass is 31.2. The summed E-state index contributed by atoms with van der Waals surface area (Å²) in [5.41, 5.74) is 2.74. The van der Waals surface area contributed by atoms with E-state index < -0.39 is 7.26 Å². The van der Waals surface area contributed by atoms with Crippen LogP contribution in [0.1, 0.15) is 55.4 Å². The zero-order chi connectivity index (χ0) is 13.2. The third-order valence-electron chi connectivity index (χ3n) is 3.90. The molecule has 2 N–H and O–H groups in total. The van der Waals surface area contributed by atoms with Gasteiger partial charge >= 0.3 is 0 Å². The summed E-state index contributed by atoms with van der Waals surface area (Å²) in [5, 5.41) is 9.88. The molecule has 3 heteroatoms. The molecule has 0 saturated heterocycles. The highest BCUT2D eigenvalue weighted by Crippen LogP contribution is 2.73. The Hall–Kier alpha value is 0.350. The maximum Gasteiger partial charge on any atom is 0.146 e. The first-order valence-corrected chi connectivity index (χ1v) is 8.56. The summed E-state index contributed by atoms with van der Waals surface area (Å²) in [4.78, 5) is 0. The summed E-state index contributed by atoms with van der Waals surface area (Å²) in [6.45, 7) is 18.2. The Kier molecular flexibility index (Phi) is 5.45. The van der Waals surface area contributed by atoms with Crippen molar-refractivity contribution in [1.29, 1.82) is 0 Å². The van der Waals surface area contributed by atoms with Crippen LogP contribution in [0.25, 0.3) is 0 Å². The molecule has 0 aromatic heterocycles. The molecule has 98 valence electrons. The van der Waals surface area contributed by atoms with Gasteiger partial charge < -0.3 is 5.21 Å². The van der Waals surface area contributed by atoms with Crippen molar-refractivity contribution in [3.63, 3.8) is 0 Å². The van der Waals surface area contributed by atoms with Crippen LogP contribution < -0.4 is 5.48 Å². The zero-order valence-corrected chi connectivity index (χ0v) is 13.3. The Morgan fingerprint density at radius 1 is 1.00 bits per heavy atom. The highest BCUT2D eigenvalue weighted by Gasteiger charge is 2.56. The van der Waals surface area contributed by atoms with Gasteiger partial charge in [0.25, 0.3) is 0 Å². The average Bonchev–Trinajstić information content (AvgIpc) is 2.09. The fraction of sp³-hybridized carbons (Fsp3) is 1.00. The summed E-state index contributed by atoms with van der Waals surface area (Å²) < 4.78 is 0. The Labute approximate surface area is 103 Å². The van der Waals surface area contributed by atoms with Crippen LogP contribution in [0, 0.1) is 5.41 Å². The van der Waals surface area contributed by atoms with Crippen LogP contribution in [0.4, 0.5) is 0 Å². The average molecular weight is 248 g/mol. The lowest BCUT2D eigenvalue weighted by Gasteiger charge is -2.46. The minimum atomic E-state index is -1.23. The van der Waals surface area contributed by atoms with E-state index in [0.717, 1.165) is 0 Å². The lowest BCUT2D eigenvalue weighted by Crippen LogP contribution is -2.47. The first-order chi connectivity index (χ1) is 7.06. The summed E-state index contributed by atoms with van der Waals surface area (Å²) in [7, 11) is -1.23. The van der Waals surface area contributed by atoms with Crippen molar-refractivity contribution in [2.45, 2.75) is 66.3 Å². The van der Waals surface area contributed by atoms with Crippen molar-refractivity contribution >= 4 is 7.26 Å². The maximum atomic E-state index is 9.60. The van der Waals surface area contributed by atoms with Crippen LogP contribution in [0.3, 0.4) is 0 Å². The smallest absolute Gasteiger partial charge is 0.146 e. The first-order valence-electron chi connectivity index (χ1n) is 6.33. The van der Waals surface area contributed by atoms with Gasteiger partial charge in [0.2, 0.25) is 0 Å². The van der Waals surface area contributed by atoms with Gasteiger partial charge in [-0.25, -0.2) is 0 Å². The van der Waals surface area contributed by atoms with Gasteiger partial charge in [-0.15, -0.1) is 0 Å². The summed E-state index contributed by atoms with van der Waals surface area (Å²) in [6, 6.07) is 0. The van der Waals surface area contributed by atoms with Crippen LogP contribution >= 0.6 is 7.26 Å². The summed E-state index contributed by atoms with van der Waals surface area (Å²) in [5.74, 6) is 0.218. The minimum absolute atomic E-state index is 0.0990. The van der Waals surface area contributed by atoms with E-state index in [9.17, 15) is 5.21 Å². The number of hydrogen-bond donors (Lipinski definition) is 2. The van der Waals surface area contributed by atoms with Crippen LogP contribution in [-0.4, -0.2) is 28.5 Å². The van der Waals surface area contributed by atoms with Gasteiger partial charge in [-0.1, -0.05) is 20.8 Å². The summed E-state index contributed by atoms with van der Waals surface area (Å²) >= 11 is 0. The lowest BCUT2D eigenvalue weighted by molar-refractivity contribution is 0.109. The Morgan fingerprint density at radius 3 is 1.44 bits per heavy atom. The fourth-order valence-corrected chi connectivity index (χ4v) is 8.52. The van der Waals surface area contributed by atoms with E-state index >= 15 is 0 Å². The quantitative estimate of drug-likeness (QED) is 0.577. The second-order valence-corrected chi connectivity index (χ2v) is 11.9. The van der Waals surface area contributed by atoms with E-state index in [1.54, 1.807) is 0 Å². The van der Waals surface area contributed by atoms with Crippen molar-refractivity contribution in [1.82, 2.24) is 5.48 Å². The van der Waals surface area contributed by atoms with E-state index in [-0.39, 0.29) is 16.4 Å². The van der Waals surface area contributed by atoms with Gasteiger partial charge in [0.05, 0.1) is 17.5 Å². The third-order valence-corrected chi connectivity index (χ3v) is 10.7. The van der Waals surface area contributed by atoms with E-state index in [1.165, 1.54) is 12.3 Å². The molecule has 0 heterocycles. The van der Waals surface area contributed by atoms with Gasteiger partial charge in [0, 0.05) is 12.7 Å². The number of nitrogens with one attached hydrogen (secondary N) is 1. The molecule has 0 aromatic rings. The molecule has 1 atom stereocenters. The maximum absolute atomic E-state index is 9.60. The standard InChI is InChI=1S/C13H31NOP/c1-9-16(10-2,13(6,7)8)11(14-15)12(3,4)5/h11,14-15H,9-10H2,1-8H3/q+1. The van der Waals surface area contributed by atoms with Gasteiger partial charge in [0.1, 0.15) is 5.78 Å². The second-order valence-electron chi connectivity index (χ2n) is 6.74. The largest absolute Gasteiger partial charge is 0.313 e. The highest BCUT2D eigenvalue weighted by molar-refractivity contribution is 7.77. The lowest BCUT2D eigenvalue weighted by atomic mass is 9.97. The van der Waals surface area contributed by atoms with Crippen LogP contribution in [0.15, 0.2) is 0 Å². The van der Waals surface area contributed by atoms with Crippen molar-refractivity contribution in [2.75, 3.05) is 12.3 Å². The molecular weight excluding hydrogens is 217 g/mol. The molecule has 0 amide bonds. The minimum Gasteiger partial charge on any atom is -0.313 e. The van der Waals surface area contributed by atoms with E-state index in [2.05, 4.69) is 60.9 Å². The van der Waals surface area contributed by atoms with Gasteiger partial charge in [0.15, 0.2) is 0 Å². The Bertz CT molecular complexity index is 211. The van der Waals surface area contributed by atoms with Gasteiger partial charge in [-0.3, -0.25) is 0 Å². The van der Waals surface area contributed by atoms with Crippen LogP contribution in [0.2, 0.25) is 0 Å². The van der Waals surface area contributed by atoms with Crippen LogP contribution in [0.5, 0.6) is 0 Å².